The molecule has 0 atom stereocenters. The van der Waals surface area contributed by atoms with E-state index in [9.17, 15) is 0 Å². The highest BCUT2D eigenvalue weighted by molar-refractivity contribution is 7.18. The zero-order valence-electron chi connectivity index (χ0n) is 12.2. The smallest absolute Gasteiger partial charge is 0.142 e. The lowest BCUT2D eigenvalue weighted by Gasteiger charge is -2.12. The SMILES string of the molecule is CCc1cc2c(Nc3c(C)cc(C)cc3Cl)ncnc2s1. The van der Waals surface area contributed by atoms with Crippen LogP contribution in [0.4, 0.5) is 11.5 Å². The fraction of sp³-hybridized carbons (Fsp3) is 0.250. The fourth-order valence-corrected chi connectivity index (χ4v) is 3.68. The molecule has 5 heteroatoms. The third-order valence-electron chi connectivity index (χ3n) is 3.40. The molecule has 0 aliphatic carbocycles. The first-order chi connectivity index (χ1) is 10.1. The molecule has 3 rings (SSSR count). The third-order valence-corrected chi connectivity index (χ3v) is 4.89. The molecule has 0 aliphatic heterocycles. The van der Waals surface area contributed by atoms with Crippen LogP contribution >= 0.6 is 22.9 Å². The van der Waals surface area contributed by atoms with Crippen LogP contribution in [0.15, 0.2) is 24.5 Å². The molecule has 0 radical (unpaired) electrons. The third kappa shape index (κ3) is 2.74. The van der Waals surface area contributed by atoms with Crippen molar-refractivity contribution in [3.8, 4) is 0 Å². The molecule has 0 aliphatic rings. The van der Waals surface area contributed by atoms with Crippen LogP contribution in [-0.4, -0.2) is 9.97 Å². The Bertz CT molecular complexity index is 787. The molecule has 3 aromatic rings. The summed E-state index contributed by atoms with van der Waals surface area (Å²) < 4.78 is 0. The molecule has 1 aromatic carbocycles. The molecular formula is C16H16ClN3S. The molecule has 0 unspecified atom stereocenters. The van der Waals surface area contributed by atoms with E-state index in [4.69, 9.17) is 11.6 Å². The van der Waals surface area contributed by atoms with Crippen molar-refractivity contribution in [3.63, 3.8) is 0 Å². The molecule has 0 amide bonds. The zero-order chi connectivity index (χ0) is 15.0. The van der Waals surface area contributed by atoms with Crippen LogP contribution in [0.25, 0.3) is 10.2 Å². The van der Waals surface area contributed by atoms with Crippen molar-refractivity contribution in [2.75, 3.05) is 5.32 Å². The van der Waals surface area contributed by atoms with E-state index < -0.39 is 0 Å². The number of nitrogens with zero attached hydrogens (tertiary/aromatic N) is 2. The minimum atomic E-state index is 0.713. The number of aromatic nitrogens is 2. The minimum Gasteiger partial charge on any atom is -0.338 e. The standard InChI is InChI=1S/C16H16ClN3S/c1-4-11-7-12-15(18-8-19-16(12)21-11)20-14-10(3)5-9(2)6-13(14)17/h5-8H,4H2,1-3H3,(H,18,19,20). The summed E-state index contributed by atoms with van der Waals surface area (Å²) >= 11 is 8.07. The molecule has 0 bridgehead atoms. The minimum absolute atomic E-state index is 0.713. The molecule has 0 spiro atoms. The number of nitrogens with one attached hydrogen (secondary N) is 1. The van der Waals surface area contributed by atoms with Crippen LogP contribution in [0.5, 0.6) is 0 Å². The van der Waals surface area contributed by atoms with E-state index in [1.165, 1.54) is 4.88 Å². The summed E-state index contributed by atoms with van der Waals surface area (Å²) in [5.74, 6) is 0.810. The highest BCUT2D eigenvalue weighted by Gasteiger charge is 2.11. The normalized spacial score (nSPS) is 11.0. The first-order valence-corrected chi connectivity index (χ1v) is 8.05. The summed E-state index contributed by atoms with van der Waals surface area (Å²) in [6, 6.07) is 6.22. The van der Waals surface area contributed by atoms with Gasteiger partial charge in [0, 0.05) is 4.88 Å². The maximum absolute atomic E-state index is 6.37. The summed E-state index contributed by atoms with van der Waals surface area (Å²) in [7, 11) is 0. The van der Waals surface area contributed by atoms with Crippen LogP contribution < -0.4 is 5.32 Å². The predicted octanol–water partition coefficient (Wildman–Crippen LogP) is 5.27. The maximum Gasteiger partial charge on any atom is 0.142 e. The van der Waals surface area contributed by atoms with Gasteiger partial charge in [-0.1, -0.05) is 24.6 Å². The predicted molar refractivity (Wildman–Crippen MR) is 91.0 cm³/mol. The maximum atomic E-state index is 6.37. The number of fused-ring (bicyclic) bond motifs is 1. The van der Waals surface area contributed by atoms with E-state index in [0.29, 0.717) is 5.02 Å². The lowest BCUT2D eigenvalue weighted by atomic mass is 10.1. The molecular weight excluding hydrogens is 302 g/mol. The van der Waals surface area contributed by atoms with Gasteiger partial charge in [-0.25, -0.2) is 9.97 Å². The number of benzene rings is 1. The van der Waals surface area contributed by atoms with Gasteiger partial charge in [0.25, 0.3) is 0 Å². The van der Waals surface area contributed by atoms with E-state index >= 15 is 0 Å². The lowest BCUT2D eigenvalue weighted by Crippen LogP contribution is -1.98. The Balaban J connectivity index is 2.08. The Morgan fingerprint density at radius 3 is 2.71 bits per heavy atom. The van der Waals surface area contributed by atoms with Crippen LogP contribution in [0.2, 0.25) is 5.02 Å². The first kappa shape index (κ1) is 14.3. The number of aryl methyl sites for hydroxylation is 3. The number of hydrogen-bond donors (Lipinski definition) is 1. The molecule has 21 heavy (non-hydrogen) atoms. The van der Waals surface area contributed by atoms with Crippen LogP contribution in [0, 0.1) is 13.8 Å². The van der Waals surface area contributed by atoms with Gasteiger partial charge in [0.15, 0.2) is 0 Å². The first-order valence-electron chi connectivity index (χ1n) is 6.85. The highest BCUT2D eigenvalue weighted by atomic mass is 35.5. The molecule has 108 valence electrons. The average molecular weight is 318 g/mol. The van der Waals surface area contributed by atoms with Crippen molar-refractivity contribution in [2.24, 2.45) is 0 Å². The number of anilines is 2. The van der Waals surface area contributed by atoms with Gasteiger partial charge in [-0.2, -0.15) is 0 Å². The van der Waals surface area contributed by atoms with Crippen molar-refractivity contribution >= 4 is 44.7 Å². The van der Waals surface area contributed by atoms with Gasteiger partial charge in [-0.15, -0.1) is 11.3 Å². The topological polar surface area (TPSA) is 37.8 Å². The zero-order valence-corrected chi connectivity index (χ0v) is 13.8. The number of halogens is 1. The van der Waals surface area contributed by atoms with Crippen molar-refractivity contribution < 1.29 is 0 Å². The lowest BCUT2D eigenvalue weighted by molar-refractivity contribution is 1.19. The second kappa shape index (κ2) is 5.62. The number of rotatable bonds is 3. The number of hydrogen-bond acceptors (Lipinski definition) is 4. The monoisotopic (exact) mass is 317 g/mol. The average Bonchev–Trinajstić information content (AvgIpc) is 2.86. The molecule has 2 heterocycles. The fourth-order valence-electron chi connectivity index (χ4n) is 2.37. The van der Waals surface area contributed by atoms with Crippen LogP contribution in [0.3, 0.4) is 0 Å². The molecule has 0 fully saturated rings. The van der Waals surface area contributed by atoms with E-state index in [-0.39, 0.29) is 0 Å². The summed E-state index contributed by atoms with van der Waals surface area (Å²) in [5.41, 5.74) is 3.17. The van der Waals surface area contributed by atoms with Gasteiger partial charge in [0.05, 0.1) is 16.1 Å². The van der Waals surface area contributed by atoms with Gasteiger partial charge in [-0.05, 0) is 43.5 Å². The summed E-state index contributed by atoms with van der Waals surface area (Å²) in [5, 5.41) is 5.14. The Hall–Kier alpha value is -1.65. The van der Waals surface area contributed by atoms with Gasteiger partial charge >= 0.3 is 0 Å². The van der Waals surface area contributed by atoms with Crippen molar-refractivity contribution in [2.45, 2.75) is 27.2 Å². The molecule has 3 nitrogen and oxygen atoms in total. The van der Waals surface area contributed by atoms with E-state index in [1.807, 2.05) is 19.9 Å². The summed E-state index contributed by atoms with van der Waals surface area (Å²) in [6.45, 7) is 6.23. The highest BCUT2D eigenvalue weighted by Crippen LogP contribution is 2.34. The number of thiophene rings is 1. The van der Waals surface area contributed by atoms with Gasteiger partial charge < -0.3 is 5.32 Å². The van der Waals surface area contributed by atoms with Crippen molar-refractivity contribution in [1.29, 1.82) is 0 Å². The van der Waals surface area contributed by atoms with Gasteiger partial charge in [0.2, 0.25) is 0 Å². The quantitative estimate of drug-likeness (QED) is 0.715. The van der Waals surface area contributed by atoms with Crippen LogP contribution in [-0.2, 0) is 6.42 Å². The van der Waals surface area contributed by atoms with Crippen molar-refractivity contribution in [3.05, 3.63) is 45.6 Å². The Labute approximate surface area is 133 Å². The van der Waals surface area contributed by atoms with Crippen LogP contribution in [0.1, 0.15) is 22.9 Å². The molecule has 0 saturated heterocycles. The second-order valence-electron chi connectivity index (χ2n) is 5.07. The summed E-state index contributed by atoms with van der Waals surface area (Å²) in [4.78, 5) is 11.0. The Morgan fingerprint density at radius 2 is 2.00 bits per heavy atom. The van der Waals surface area contributed by atoms with E-state index in [0.717, 1.165) is 39.3 Å². The van der Waals surface area contributed by atoms with Gasteiger partial charge in [0.1, 0.15) is 17.0 Å². The molecule has 1 N–H and O–H groups in total. The van der Waals surface area contributed by atoms with E-state index in [1.54, 1.807) is 17.7 Å². The largest absolute Gasteiger partial charge is 0.338 e. The summed E-state index contributed by atoms with van der Waals surface area (Å²) in [6.07, 6.45) is 2.60. The Kier molecular flexibility index (Phi) is 3.83. The molecule has 2 aromatic heterocycles. The Morgan fingerprint density at radius 1 is 1.19 bits per heavy atom. The van der Waals surface area contributed by atoms with Gasteiger partial charge in [-0.3, -0.25) is 0 Å². The van der Waals surface area contributed by atoms with E-state index in [2.05, 4.69) is 34.3 Å². The second-order valence-corrected chi connectivity index (χ2v) is 6.59. The van der Waals surface area contributed by atoms with Crippen molar-refractivity contribution in [1.82, 2.24) is 9.97 Å². The molecule has 0 saturated carbocycles.